The molecule has 33 heavy (non-hydrogen) atoms. The maximum absolute atomic E-state index is 12.7. The topological polar surface area (TPSA) is 97.4 Å². The molecule has 1 amide bonds. The van der Waals surface area contributed by atoms with Gasteiger partial charge in [0.05, 0.1) is 18.6 Å². The fourth-order valence-corrected chi connectivity index (χ4v) is 5.12. The van der Waals surface area contributed by atoms with Crippen molar-refractivity contribution in [2.24, 2.45) is 0 Å². The van der Waals surface area contributed by atoms with Gasteiger partial charge in [0.2, 0.25) is 22.7 Å². The van der Waals surface area contributed by atoms with Crippen molar-refractivity contribution in [3.8, 4) is 17.2 Å². The van der Waals surface area contributed by atoms with Crippen LogP contribution in [-0.2, 0) is 14.8 Å². The van der Waals surface area contributed by atoms with Crippen molar-refractivity contribution in [2.45, 2.75) is 0 Å². The Morgan fingerprint density at radius 2 is 1.85 bits per heavy atom. The molecule has 176 valence electrons. The van der Waals surface area contributed by atoms with E-state index in [9.17, 15) is 13.2 Å². The van der Waals surface area contributed by atoms with E-state index in [0.717, 1.165) is 17.0 Å². The number of carbonyl (C=O) groups excluding carboxylic acids is 1. The van der Waals surface area contributed by atoms with Crippen LogP contribution in [0.15, 0.2) is 48.5 Å². The van der Waals surface area contributed by atoms with Gasteiger partial charge in [-0.3, -0.25) is 4.79 Å². The molecule has 10 heteroatoms. The smallest absolute Gasteiger partial charge is 0.244 e. The van der Waals surface area contributed by atoms with E-state index in [0.29, 0.717) is 37.7 Å². The van der Waals surface area contributed by atoms with Gasteiger partial charge in [0.1, 0.15) is 5.75 Å². The number of nitrogens with zero attached hydrogens (tertiary/aromatic N) is 2. The number of sulfonamides is 1. The van der Waals surface area contributed by atoms with Crippen molar-refractivity contribution < 1.29 is 27.4 Å². The quantitative estimate of drug-likeness (QED) is 0.583. The van der Waals surface area contributed by atoms with Crippen molar-refractivity contribution in [1.82, 2.24) is 9.62 Å². The zero-order chi connectivity index (χ0) is 23.3. The SMILES string of the molecule is COc1ccccc1N1CCN(S(=O)(=O)CCNC(=O)C=Cc2ccc3c(c2)OCO3)CC1. The first-order valence-corrected chi connectivity index (χ1v) is 12.3. The van der Waals surface area contributed by atoms with Gasteiger partial charge in [-0.05, 0) is 35.9 Å². The Bertz CT molecular complexity index is 1130. The van der Waals surface area contributed by atoms with E-state index >= 15 is 0 Å². The van der Waals surface area contributed by atoms with E-state index in [-0.39, 0.29) is 25.0 Å². The molecule has 0 bridgehead atoms. The Morgan fingerprint density at radius 1 is 1.09 bits per heavy atom. The third-order valence-corrected chi connectivity index (χ3v) is 7.41. The molecule has 2 aromatic carbocycles. The zero-order valence-corrected chi connectivity index (χ0v) is 19.2. The molecule has 4 rings (SSSR count). The minimum absolute atomic E-state index is 0.0410. The summed E-state index contributed by atoms with van der Waals surface area (Å²) in [6.45, 7) is 2.15. The second kappa shape index (κ2) is 10.1. The Labute approximate surface area is 193 Å². The van der Waals surface area contributed by atoms with Gasteiger partial charge in [-0.1, -0.05) is 18.2 Å². The molecule has 2 aromatic rings. The van der Waals surface area contributed by atoms with Crippen molar-refractivity contribution in [3.05, 3.63) is 54.1 Å². The van der Waals surface area contributed by atoms with E-state index in [4.69, 9.17) is 14.2 Å². The van der Waals surface area contributed by atoms with Gasteiger partial charge in [0.15, 0.2) is 11.5 Å². The molecule has 2 heterocycles. The number of anilines is 1. The van der Waals surface area contributed by atoms with E-state index < -0.39 is 10.0 Å². The minimum Gasteiger partial charge on any atom is -0.495 e. The first-order valence-electron chi connectivity index (χ1n) is 10.7. The fraction of sp³-hybridized carbons (Fsp3) is 0.348. The number of hydrogen-bond acceptors (Lipinski definition) is 7. The molecule has 9 nitrogen and oxygen atoms in total. The fourth-order valence-electron chi connectivity index (χ4n) is 3.78. The van der Waals surface area contributed by atoms with Gasteiger partial charge in [-0.25, -0.2) is 8.42 Å². The van der Waals surface area contributed by atoms with Crippen LogP contribution in [0.2, 0.25) is 0 Å². The number of para-hydroxylation sites is 2. The molecular formula is C23H27N3O6S. The summed E-state index contributed by atoms with van der Waals surface area (Å²) >= 11 is 0. The highest BCUT2D eigenvalue weighted by Crippen LogP contribution is 2.32. The van der Waals surface area contributed by atoms with Crippen LogP contribution in [0.3, 0.4) is 0 Å². The molecule has 0 aliphatic carbocycles. The number of ether oxygens (including phenoxy) is 3. The summed E-state index contributed by atoms with van der Waals surface area (Å²) < 4.78 is 42.9. The highest BCUT2D eigenvalue weighted by molar-refractivity contribution is 7.89. The van der Waals surface area contributed by atoms with Gasteiger partial charge in [-0.2, -0.15) is 4.31 Å². The normalized spacial score (nSPS) is 16.2. The summed E-state index contributed by atoms with van der Waals surface area (Å²) in [4.78, 5) is 14.2. The number of rotatable bonds is 8. The van der Waals surface area contributed by atoms with Gasteiger partial charge >= 0.3 is 0 Å². The predicted octanol–water partition coefficient (Wildman–Crippen LogP) is 1.71. The van der Waals surface area contributed by atoms with Crippen LogP contribution < -0.4 is 24.4 Å². The van der Waals surface area contributed by atoms with Gasteiger partial charge in [-0.15, -0.1) is 0 Å². The monoisotopic (exact) mass is 473 g/mol. The van der Waals surface area contributed by atoms with Crippen LogP contribution >= 0.6 is 0 Å². The Kier molecular flexibility index (Phi) is 7.05. The molecule has 0 atom stereocenters. The number of amides is 1. The lowest BCUT2D eigenvalue weighted by Crippen LogP contribution is -2.50. The largest absolute Gasteiger partial charge is 0.495 e. The molecule has 0 aromatic heterocycles. The van der Waals surface area contributed by atoms with E-state index in [2.05, 4.69) is 10.2 Å². The highest BCUT2D eigenvalue weighted by atomic mass is 32.2. The molecule has 0 saturated carbocycles. The number of methoxy groups -OCH3 is 1. The molecule has 1 N–H and O–H groups in total. The van der Waals surface area contributed by atoms with Crippen molar-refractivity contribution >= 4 is 27.7 Å². The van der Waals surface area contributed by atoms with E-state index in [1.54, 1.807) is 25.3 Å². The molecule has 0 radical (unpaired) electrons. The predicted molar refractivity (Wildman–Crippen MR) is 125 cm³/mol. The van der Waals surface area contributed by atoms with Crippen LogP contribution in [0.4, 0.5) is 5.69 Å². The lowest BCUT2D eigenvalue weighted by atomic mass is 10.2. The molecule has 0 spiro atoms. The van der Waals surface area contributed by atoms with Crippen LogP contribution in [0.25, 0.3) is 6.08 Å². The van der Waals surface area contributed by atoms with Gasteiger partial charge in [0.25, 0.3) is 0 Å². The second-order valence-corrected chi connectivity index (χ2v) is 9.70. The molecule has 1 saturated heterocycles. The third kappa shape index (κ3) is 5.58. The van der Waals surface area contributed by atoms with Gasteiger partial charge in [0, 0.05) is 38.8 Å². The molecule has 1 fully saturated rings. The second-order valence-electron chi connectivity index (χ2n) is 7.61. The number of benzene rings is 2. The summed E-state index contributed by atoms with van der Waals surface area (Å²) in [6.07, 6.45) is 3.01. The molecular weight excluding hydrogens is 446 g/mol. The van der Waals surface area contributed by atoms with E-state index in [1.165, 1.54) is 10.4 Å². The van der Waals surface area contributed by atoms with E-state index in [1.807, 2.05) is 30.3 Å². The number of hydrogen-bond donors (Lipinski definition) is 1. The Hall–Kier alpha value is -3.24. The molecule has 0 unspecified atom stereocenters. The summed E-state index contributed by atoms with van der Waals surface area (Å²) in [5.41, 5.74) is 1.74. The summed E-state index contributed by atoms with van der Waals surface area (Å²) in [5, 5.41) is 2.64. The maximum atomic E-state index is 12.7. The lowest BCUT2D eigenvalue weighted by Gasteiger charge is -2.35. The summed E-state index contributed by atoms with van der Waals surface area (Å²) in [6, 6.07) is 13.1. The Morgan fingerprint density at radius 3 is 2.64 bits per heavy atom. The van der Waals surface area contributed by atoms with Crippen LogP contribution in [0.1, 0.15) is 5.56 Å². The number of fused-ring (bicyclic) bond motifs is 1. The highest BCUT2D eigenvalue weighted by Gasteiger charge is 2.27. The molecule has 2 aliphatic heterocycles. The summed E-state index contributed by atoms with van der Waals surface area (Å²) in [7, 11) is -1.84. The summed E-state index contributed by atoms with van der Waals surface area (Å²) in [5.74, 6) is 1.57. The average molecular weight is 474 g/mol. The first kappa shape index (κ1) is 22.9. The maximum Gasteiger partial charge on any atom is 0.244 e. The zero-order valence-electron chi connectivity index (χ0n) is 18.4. The number of carbonyl (C=O) groups is 1. The van der Waals surface area contributed by atoms with Crippen LogP contribution in [0.5, 0.6) is 17.2 Å². The van der Waals surface area contributed by atoms with Gasteiger partial charge < -0.3 is 24.4 Å². The van der Waals surface area contributed by atoms with Crippen LogP contribution in [0, 0.1) is 0 Å². The molecule has 2 aliphatic rings. The van der Waals surface area contributed by atoms with Crippen molar-refractivity contribution in [2.75, 3.05) is 57.3 Å². The minimum atomic E-state index is -3.47. The van der Waals surface area contributed by atoms with Crippen molar-refractivity contribution in [3.63, 3.8) is 0 Å². The number of nitrogens with one attached hydrogen (secondary N) is 1. The third-order valence-electron chi connectivity index (χ3n) is 5.54. The van der Waals surface area contributed by atoms with Crippen molar-refractivity contribution in [1.29, 1.82) is 0 Å². The standard InChI is InChI=1S/C23H27N3O6S/c1-30-20-5-3-2-4-19(20)25-11-13-26(14-12-25)33(28,29)15-10-24-23(27)9-7-18-6-8-21-22(16-18)32-17-31-21/h2-9,16H,10-15,17H2,1H3,(H,24,27). The first-order chi connectivity index (χ1) is 16.0. The Balaban J connectivity index is 1.23. The lowest BCUT2D eigenvalue weighted by molar-refractivity contribution is -0.116. The average Bonchev–Trinajstić information content (AvgIpc) is 3.31. The van der Waals surface area contributed by atoms with Crippen LogP contribution in [-0.4, -0.2) is 71.0 Å². The number of piperazine rings is 1.